The van der Waals surface area contributed by atoms with Crippen molar-refractivity contribution in [2.45, 2.75) is 12.6 Å². The molecule has 2 aromatic heterocycles. The molecule has 2 aromatic rings. The number of carboxylic acid groups (broad SMARTS) is 1. The summed E-state index contributed by atoms with van der Waals surface area (Å²) in [5.41, 5.74) is 6.41. The standard InChI is InChI=1S/C12H16N6O3/c1-17-5-8(4-16-17)10(13)11(19)14-2-3-18-6-9(12(20)21)15-7-18/h4-7,10H,2-3,13H2,1H3,(H,14,19)(H,20,21). The van der Waals surface area contributed by atoms with E-state index in [0.29, 0.717) is 18.7 Å². The molecule has 0 spiro atoms. The topological polar surface area (TPSA) is 128 Å². The molecular formula is C12H16N6O3. The smallest absolute Gasteiger partial charge is 0.356 e. The van der Waals surface area contributed by atoms with Gasteiger partial charge in [-0.15, -0.1) is 0 Å². The molecule has 1 unspecified atom stereocenters. The minimum atomic E-state index is -1.09. The highest BCUT2D eigenvalue weighted by Crippen LogP contribution is 2.08. The first-order valence-electron chi connectivity index (χ1n) is 6.24. The minimum absolute atomic E-state index is 0.0339. The van der Waals surface area contributed by atoms with E-state index in [1.165, 1.54) is 12.5 Å². The second-order valence-corrected chi connectivity index (χ2v) is 4.52. The molecule has 0 fully saturated rings. The lowest BCUT2D eigenvalue weighted by atomic mass is 10.1. The molecule has 0 aliphatic rings. The summed E-state index contributed by atoms with van der Waals surface area (Å²) in [7, 11) is 1.74. The van der Waals surface area contributed by atoms with E-state index in [9.17, 15) is 9.59 Å². The molecule has 0 saturated heterocycles. The SMILES string of the molecule is Cn1cc(C(N)C(=O)NCCn2cnc(C(=O)O)c2)cn1. The van der Waals surface area contributed by atoms with Crippen molar-refractivity contribution >= 4 is 11.9 Å². The number of amides is 1. The van der Waals surface area contributed by atoms with Gasteiger partial charge in [0.2, 0.25) is 5.91 Å². The van der Waals surface area contributed by atoms with Crippen LogP contribution >= 0.6 is 0 Å². The summed E-state index contributed by atoms with van der Waals surface area (Å²) >= 11 is 0. The lowest BCUT2D eigenvalue weighted by molar-refractivity contribution is -0.122. The van der Waals surface area contributed by atoms with Gasteiger partial charge < -0.3 is 20.7 Å². The number of carbonyl (C=O) groups excluding carboxylic acids is 1. The van der Waals surface area contributed by atoms with Crippen LogP contribution in [0.15, 0.2) is 24.9 Å². The fraction of sp³-hybridized carbons (Fsp3) is 0.333. The highest BCUT2D eigenvalue weighted by atomic mass is 16.4. The summed E-state index contributed by atoms with van der Waals surface area (Å²) in [6, 6.07) is -0.781. The van der Waals surface area contributed by atoms with E-state index in [1.807, 2.05) is 0 Å². The van der Waals surface area contributed by atoms with E-state index in [4.69, 9.17) is 10.8 Å². The van der Waals surface area contributed by atoms with Crippen molar-refractivity contribution in [1.29, 1.82) is 0 Å². The first-order valence-corrected chi connectivity index (χ1v) is 6.24. The maximum Gasteiger partial charge on any atom is 0.356 e. The Balaban J connectivity index is 1.82. The van der Waals surface area contributed by atoms with Crippen LogP contribution in [0.2, 0.25) is 0 Å². The Morgan fingerprint density at radius 3 is 2.81 bits per heavy atom. The zero-order valence-electron chi connectivity index (χ0n) is 11.4. The average Bonchev–Trinajstić information content (AvgIpc) is 3.07. The number of nitrogens with two attached hydrogens (primary N) is 1. The van der Waals surface area contributed by atoms with E-state index in [1.54, 1.807) is 28.7 Å². The number of carboxylic acids is 1. The molecule has 0 bridgehead atoms. The summed E-state index contributed by atoms with van der Waals surface area (Å²) in [6.07, 6.45) is 6.02. The van der Waals surface area contributed by atoms with Crippen LogP contribution in [0.5, 0.6) is 0 Å². The van der Waals surface area contributed by atoms with Crippen molar-refractivity contribution in [3.05, 3.63) is 36.2 Å². The van der Waals surface area contributed by atoms with Crippen LogP contribution in [0.3, 0.4) is 0 Å². The summed E-state index contributed by atoms with van der Waals surface area (Å²) in [4.78, 5) is 26.3. The Bertz CT molecular complexity index is 647. The second kappa shape index (κ2) is 6.18. The second-order valence-electron chi connectivity index (χ2n) is 4.52. The third kappa shape index (κ3) is 3.66. The van der Waals surface area contributed by atoms with Gasteiger partial charge in [-0.05, 0) is 0 Å². The van der Waals surface area contributed by atoms with Crippen molar-refractivity contribution in [2.75, 3.05) is 6.54 Å². The normalized spacial score (nSPS) is 12.1. The molecule has 0 aliphatic heterocycles. The van der Waals surface area contributed by atoms with Crippen LogP contribution in [0, 0.1) is 0 Å². The number of hydrogen-bond donors (Lipinski definition) is 3. The highest BCUT2D eigenvalue weighted by molar-refractivity contribution is 5.85. The van der Waals surface area contributed by atoms with E-state index in [2.05, 4.69) is 15.4 Å². The molecule has 4 N–H and O–H groups in total. The zero-order chi connectivity index (χ0) is 15.4. The van der Waals surface area contributed by atoms with Crippen molar-refractivity contribution in [3.63, 3.8) is 0 Å². The van der Waals surface area contributed by atoms with E-state index < -0.39 is 12.0 Å². The maximum atomic E-state index is 11.9. The summed E-state index contributed by atoms with van der Waals surface area (Å²) < 4.78 is 3.15. The quantitative estimate of drug-likeness (QED) is 0.635. The van der Waals surface area contributed by atoms with Gasteiger partial charge >= 0.3 is 5.97 Å². The number of carbonyl (C=O) groups is 2. The van der Waals surface area contributed by atoms with E-state index in [-0.39, 0.29) is 11.6 Å². The summed E-state index contributed by atoms with van der Waals surface area (Å²) in [6.45, 7) is 0.730. The van der Waals surface area contributed by atoms with Crippen LogP contribution in [-0.4, -0.2) is 42.9 Å². The Morgan fingerprint density at radius 1 is 1.48 bits per heavy atom. The van der Waals surface area contributed by atoms with Crippen LogP contribution in [0.4, 0.5) is 0 Å². The number of rotatable bonds is 6. The fourth-order valence-corrected chi connectivity index (χ4v) is 1.76. The molecule has 1 amide bonds. The molecule has 0 radical (unpaired) electrons. The number of nitrogens with zero attached hydrogens (tertiary/aromatic N) is 4. The molecule has 0 saturated carbocycles. The zero-order valence-corrected chi connectivity index (χ0v) is 11.4. The maximum absolute atomic E-state index is 11.9. The van der Waals surface area contributed by atoms with Gasteiger partial charge in [-0.25, -0.2) is 9.78 Å². The Hall–Kier alpha value is -2.68. The molecule has 9 heteroatoms. The molecular weight excluding hydrogens is 276 g/mol. The summed E-state index contributed by atoms with van der Waals surface area (Å²) in [5, 5.41) is 15.4. The van der Waals surface area contributed by atoms with Gasteiger partial charge in [0, 0.05) is 38.1 Å². The minimum Gasteiger partial charge on any atom is -0.476 e. The van der Waals surface area contributed by atoms with Gasteiger partial charge in [0.15, 0.2) is 5.69 Å². The van der Waals surface area contributed by atoms with Crippen LogP contribution < -0.4 is 11.1 Å². The van der Waals surface area contributed by atoms with Crippen molar-refractivity contribution in [1.82, 2.24) is 24.6 Å². The molecule has 1 atom stereocenters. The fourth-order valence-electron chi connectivity index (χ4n) is 1.76. The van der Waals surface area contributed by atoms with Crippen molar-refractivity contribution < 1.29 is 14.7 Å². The number of imidazole rings is 1. The van der Waals surface area contributed by atoms with Gasteiger partial charge in [-0.3, -0.25) is 9.48 Å². The molecule has 9 nitrogen and oxygen atoms in total. The van der Waals surface area contributed by atoms with E-state index in [0.717, 1.165) is 0 Å². The van der Waals surface area contributed by atoms with Crippen molar-refractivity contribution in [3.8, 4) is 0 Å². The number of aryl methyl sites for hydroxylation is 1. The molecule has 21 heavy (non-hydrogen) atoms. The number of nitrogens with one attached hydrogen (secondary N) is 1. The molecule has 112 valence electrons. The predicted octanol–water partition coefficient (Wildman–Crippen LogP) is -0.869. The Labute approximate surface area is 120 Å². The number of aromatic nitrogens is 4. The van der Waals surface area contributed by atoms with Gasteiger partial charge in [0.1, 0.15) is 6.04 Å². The monoisotopic (exact) mass is 292 g/mol. The highest BCUT2D eigenvalue weighted by Gasteiger charge is 2.16. The average molecular weight is 292 g/mol. The number of aromatic carboxylic acids is 1. The molecule has 2 rings (SSSR count). The lowest BCUT2D eigenvalue weighted by Gasteiger charge is -2.10. The Kier molecular flexibility index (Phi) is 4.33. The molecule has 2 heterocycles. The molecule has 0 aliphatic carbocycles. The first-order chi connectivity index (χ1) is 9.97. The van der Waals surface area contributed by atoms with Gasteiger partial charge in [0.25, 0.3) is 0 Å². The van der Waals surface area contributed by atoms with E-state index >= 15 is 0 Å². The predicted molar refractivity (Wildman–Crippen MR) is 72.3 cm³/mol. The molecule has 0 aromatic carbocycles. The van der Waals surface area contributed by atoms with Gasteiger partial charge in [-0.1, -0.05) is 0 Å². The van der Waals surface area contributed by atoms with Gasteiger partial charge in [-0.2, -0.15) is 5.10 Å². The van der Waals surface area contributed by atoms with Crippen LogP contribution in [0.1, 0.15) is 22.1 Å². The lowest BCUT2D eigenvalue weighted by Crippen LogP contribution is -2.35. The summed E-state index contributed by atoms with van der Waals surface area (Å²) in [5.74, 6) is -1.40. The van der Waals surface area contributed by atoms with Crippen LogP contribution in [0.25, 0.3) is 0 Å². The number of hydrogen-bond acceptors (Lipinski definition) is 5. The third-order valence-electron chi connectivity index (χ3n) is 2.89. The van der Waals surface area contributed by atoms with Crippen molar-refractivity contribution in [2.24, 2.45) is 12.8 Å². The van der Waals surface area contributed by atoms with Gasteiger partial charge in [0.05, 0.1) is 12.5 Å². The van der Waals surface area contributed by atoms with Crippen LogP contribution in [-0.2, 0) is 18.4 Å². The largest absolute Gasteiger partial charge is 0.476 e. The first kappa shape index (κ1) is 14.7. The Morgan fingerprint density at radius 2 is 2.24 bits per heavy atom. The third-order valence-corrected chi connectivity index (χ3v) is 2.89.